The Morgan fingerprint density at radius 1 is 1.28 bits per heavy atom. The van der Waals surface area contributed by atoms with Gasteiger partial charge in [0.15, 0.2) is 11.6 Å². The maximum absolute atomic E-state index is 13.4. The van der Waals surface area contributed by atoms with Crippen LogP contribution in [0.3, 0.4) is 0 Å². The smallest absolute Gasteiger partial charge is 0.239 e. The molecule has 0 radical (unpaired) electrons. The molecule has 0 aliphatic carbocycles. The van der Waals surface area contributed by atoms with E-state index < -0.39 is 23.6 Å². The molecule has 0 unspecified atom stereocenters. The van der Waals surface area contributed by atoms with E-state index in [-0.39, 0.29) is 31.3 Å². The number of nitrogens with one attached hydrogen (secondary N) is 3. The molecule has 9 heteroatoms. The lowest BCUT2D eigenvalue weighted by Gasteiger charge is -2.34. The molecule has 0 bridgehead atoms. The number of nitrogens with zero attached hydrogens (tertiary/aromatic N) is 1. The predicted molar refractivity (Wildman–Crippen MR) is 85.3 cm³/mol. The Hall–Kier alpha value is -2.55. The van der Waals surface area contributed by atoms with Crippen LogP contribution in [0.1, 0.15) is 12.0 Å². The molecule has 1 aliphatic heterocycles. The number of hydrogen-bond acceptors (Lipinski definition) is 4. The minimum Gasteiger partial charge on any atom is -0.358 e. The fraction of sp³-hybridized carbons (Fsp3) is 0.438. The van der Waals surface area contributed by atoms with Crippen molar-refractivity contribution in [2.75, 3.05) is 26.7 Å². The number of hydrogen-bond donors (Lipinski definition) is 3. The van der Waals surface area contributed by atoms with Crippen molar-refractivity contribution in [1.29, 1.82) is 0 Å². The number of halogens is 2. The van der Waals surface area contributed by atoms with Gasteiger partial charge in [0.05, 0.1) is 19.0 Å². The lowest BCUT2D eigenvalue weighted by molar-refractivity contribution is -0.134. The lowest BCUT2D eigenvalue weighted by Crippen LogP contribution is -2.56. The third kappa shape index (κ3) is 5.21. The van der Waals surface area contributed by atoms with E-state index in [9.17, 15) is 23.2 Å². The first kappa shape index (κ1) is 18.8. The molecule has 3 N–H and O–H groups in total. The molecule has 7 nitrogen and oxygen atoms in total. The van der Waals surface area contributed by atoms with E-state index in [0.717, 1.165) is 12.1 Å². The molecule has 1 saturated heterocycles. The maximum atomic E-state index is 13.4. The van der Waals surface area contributed by atoms with Crippen LogP contribution in [0.2, 0.25) is 0 Å². The summed E-state index contributed by atoms with van der Waals surface area (Å²) in [5.41, 5.74) is 0.504. The number of benzene rings is 1. The lowest BCUT2D eigenvalue weighted by atomic mass is 10.1. The molecule has 1 fully saturated rings. The summed E-state index contributed by atoms with van der Waals surface area (Å²) in [7, 11) is 1.45. The van der Waals surface area contributed by atoms with Crippen molar-refractivity contribution in [1.82, 2.24) is 20.9 Å². The summed E-state index contributed by atoms with van der Waals surface area (Å²) in [6, 6.07) is 2.80. The molecule has 1 heterocycles. The summed E-state index contributed by atoms with van der Waals surface area (Å²) in [4.78, 5) is 36.9. The van der Waals surface area contributed by atoms with Crippen molar-refractivity contribution in [3.05, 3.63) is 35.4 Å². The summed E-state index contributed by atoms with van der Waals surface area (Å²) in [5, 5.41) is 7.49. The van der Waals surface area contributed by atoms with E-state index in [4.69, 9.17) is 0 Å². The average Bonchev–Trinajstić information content (AvgIpc) is 2.59. The Labute approximate surface area is 143 Å². The number of carbonyl (C=O) groups is 3. The van der Waals surface area contributed by atoms with Gasteiger partial charge in [-0.05, 0) is 17.7 Å². The van der Waals surface area contributed by atoms with Crippen LogP contribution >= 0.6 is 0 Å². The van der Waals surface area contributed by atoms with Gasteiger partial charge in [-0.3, -0.25) is 19.3 Å². The van der Waals surface area contributed by atoms with Gasteiger partial charge in [-0.1, -0.05) is 6.07 Å². The zero-order chi connectivity index (χ0) is 18.4. The van der Waals surface area contributed by atoms with Crippen LogP contribution in [0, 0.1) is 11.6 Å². The van der Waals surface area contributed by atoms with Crippen molar-refractivity contribution >= 4 is 17.7 Å². The van der Waals surface area contributed by atoms with Gasteiger partial charge < -0.3 is 16.0 Å². The fourth-order valence-electron chi connectivity index (χ4n) is 2.56. The van der Waals surface area contributed by atoms with E-state index >= 15 is 0 Å². The molecule has 1 aromatic carbocycles. The van der Waals surface area contributed by atoms with Crippen LogP contribution in [-0.2, 0) is 20.9 Å². The topological polar surface area (TPSA) is 90.5 Å². The standard InChI is InChI=1S/C16H20F2N4O3/c1-19-15(24)8-21-14(23)7-13-16(25)20-4-5-22(13)9-10-2-3-11(17)12(18)6-10/h2-3,6,13H,4-5,7-9H2,1H3,(H,19,24)(H,20,25)(H,21,23)/t13-/m0/s1. The second-order valence-electron chi connectivity index (χ2n) is 5.68. The normalized spacial score (nSPS) is 17.7. The molecule has 0 spiro atoms. The second kappa shape index (κ2) is 8.52. The molecule has 3 amide bonds. The summed E-state index contributed by atoms with van der Waals surface area (Å²) in [6.45, 7) is 0.905. The van der Waals surface area contributed by atoms with Crippen LogP contribution in [0.4, 0.5) is 8.78 Å². The van der Waals surface area contributed by atoms with Gasteiger partial charge in [0.1, 0.15) is 0 Å². The zero-order valence-electron chi connectivity index (χ0n) is 13.8. The Bertz CT molecular complexity index is 669. The number of piperazine rings is 1. The molecule has 1 aromatic rings. The third-order valence-electron chi connectivity index (χ3n) is 3.92. The number of carbonyl (C=O) groups excluding carboxylic acids is 3. The van der Waals surface area contributed by atoms with Crippen molar-refractivity contribution in [2.45, 2.75) is 19.0 Å². The fourth-order valence-corrected chi connectivity index (χ4v) is 2.56. The van der Waals surface area contributed by atoms with Crippen LogP contribution in [-0.4, -0.2) is 55.3 Å². The molecule has 0 saturated carbocycles. The zero-order valence-corrected chi connectivity index (χ0v) is 13.8. The van der Waals surface area contributed by atoms with Gasteiger partial charge in [-0.25, -0.2) is 8.78 Å². The van der Waals surface area contributed by atoms with Crippen molar-refractivity contribution in [2.24, 2.45) is 0 Å². The molecular weight excluding hydrogens is 334 g/mol. The van der Waals surface area contributed by atoms with Crippen LogP contribution in [0.5, 0.6) is 0 Å². The number of rotatable bonds is 6. The van der Waals surface area contributed by atoms with Gasteiger partial charge in [0.2, 0.25) is 17.7 Å². The van der Waals surface area contributed by atoms with E-state index in [1.165, 1.54) is 13.1 Å². The Kier molecular flexibility index (Phi) is 6.40. The summed E-state index contributed by atoms with van der Waals surface area (Å²) in [5.74, 6) is -3.01. The highest BCUT2D eigenvalue weighted by Crippen LogP contribution is 2.16. The van der Waals surface area contributed by atoms with E-state index in [0.29, 0.717) is 18.7 Å². The first-order valence-electron chi connectivity index (χ1n) is 7.83. The van der Waals surface area contributed by atoms with Gasteiger partial charge in [0.25, 0.3) is 0 Å². The molecule has 1 atom stereocenters. The minimum absolute atomic E-state index is 0.132. The Morgan fingerprint density at radius 3 is 2.72 bits per heavy atom. The molecule has 25 heavy (non-hydrogen) atoms. The van der Waals surface area contributed by atoms with E-state index in [1.54, 1.807) is 4.90 Å². The van der Waals surface area contributed by atoms with Crippen LogP contribution in [0.25, 0.3) is 0 Å². The van der Waals surface area contributed by atoms with Gasteiger partial charge in [0, 0.05) is 26.7 Å². The molecule has 2 rings (SSSR count). The van der Waals surface area contributed by atoms with Gasteiger partial charge in [-0.2, -0.15) is 0 Å². The third-order valence-corrected chi connectivity index (χ3v) is 3.92. The van der Waals surface area contributed by atoms with Gasteiger partial charge >= 0.3 is 0 Å². The number of likely N-dealkylation sites (N-methyl/N-ethyl adjacent to an activating group) is 1. The SMILES string of the molecule is CNC(=O)CNC(=O)C[C@H]1C(=O)NCCN1Cc1ccc(F)c(F)c1. The van der Waals surface area contributed by atoms with E-state index in [1.807, 2.05) is 0 Å². The molecule has 136 valence electrons. The quantitative estimate of drug-likeness (QED) is 0.644. The minimum atomic E-state index is -0.959. The van der Waals surface area contributed by atoms with Crippen LogP contribution in [0.15, 0.2) is 18.2 Å². The second-order valence-corrected chi connectivity index (χ2v) is 5.68. The first-order valence-corrected chi connectivity index (χ1v) is 7.83. The molecular formula is C16H20F2N4O3. The van der Waals surface area contributed by atoms with Crippen LogP contribution < -0.4 is 16.0 Å². The Morgan fingerprint density at radius 2 is 2.04 bits per heavy atom. The molecule has 1 aliphatic rings. The van der Waals surface area contributed by atoms with Crippen molar-refractivity contribution in [3.8, 4) is 0 Å². The maximum Gasteiger partial charge on any atom is 0.239 e. The highest BCUT2D eigenvalue weighted by molar-refractivity contribution is 5.90. The first-order chi connectivity index (χ1) is 11.9. The molecule has 0 aromatic heterocycles. The van der Waals surface area contributed by atoms with Gasteiger partial charge in [-0.15, -0.1) is 0 Å². The highest BCUT2D eigenvalue weighted by atomic mass is 19.2. The summed E-state index contributed by atoms with van der Waals surface area (Å²) >= 11 is 0. The monoisotopic (exact) mass is 354 g/mol. The van der Waals surface area contributed by atoms with Crippen molar-refractivity contribution in [3.63, 3.8) is 0 Å². The Balaban J connectivity index is 2.02. The largest absolute Gasteiger partial charge is 0.358 e. The highest BCUT2D eigenvalue weighted by Gasteiger charge is 2.31. The predicted octanol–water partition coefficient (Wildman–Crippen LogP) is -0.482. The number of amides is 3. The average molecular weight is 354 g/mol. The van der Waals surface area contributed by atoms with E-state index in [2.05, 4.69) is 16.0 Å². The summed E-state index contributed by atoms with van der Waals surface area (Å²) in [6.07, 6.45) is -0.132. The van der Waals surface area contributed by atoms with Crippen molar-refractivity contribution < 1.29 is 23.2 Å². The summed E-state index contributed by atoms with van der Waals surface area (Å²) < 4.78 is 26.4.